The lowest BCUT2D eigenvalue weighted by Gasteiger charge is -2.18. The van der Waals surface area contributed by atoms with Crippen molar-refractivity contribution in [3.8, 4) is 11.3 Å². The van der Waals surface area contributed by atoms with Gasteiger partial charge in [0.25, 0.3) is 0 Å². The van der Waals surface area contributed by atoms with Gasteiger partial charge in [-0.25, -0.2) is 4.98 Å². The van der Waals surface area contributed by atoms with Crippen LogP contribution < -0.4 is 16.2 Å². The van der Waals surface area contributed by atoms with Gasteiger partial charge in [0, 0.05) is 30.3 Å². The zero-order valence-corrected chi connectivity index (χ0v) is 19.3. The normalized spacial score (nSPS) is 17.9. The highest BCUT2D eigenvalue weighted by molar-refractivity contribution is 5.87. The van der Waals surface area contributed by atoms with E-state index in [1.165, 1.54) is 6.07 Å². The monoisotopic (exact) mass is 460 g/mol. The Bertz CT molecular complexity index is 1360. The smallest absolute Gasteiger partial charge is 0.248 e. The molecule has 0 radical (unpaired) electrons. The number of fused-ring (bicyclic) bond motifs is 1. The quantitative estimate of drug-likeness (QED) is 0.328. The number of pyridine rings is 2. The van der Waals surface area contributed by atoms with Crippen molar-refractivity contribution in [2.24, 2.45) is 5.92 Å². The average molecular weight is 461 g/mol. The molecule has 9 nitrogen and oxygen atoms in total. The molecule has 0 bridgehead atoms. The first-order valence-corrected chi connectivity index (χ1v) is 11.5. The highest BCUT2D eigenvalue weighted by Crippen LogP contribution is 2.37. The standard InChI is InChI=1S/C25H28N6O3/c1-14-22(20-10-17-11-21(33)28-15(2)23(17)34-20)24(30-18-7-6-16(9-18)13-32)31-25(29-14)27-12-19-5-3-4-8-26-19/h3-5,8,10-11,16,18,32H,6-7,9,12-13H2,1-2H3,(H,28,33)(H2,27,29,30,31). The summed E-state index contributed by atoms with van der Waals surface area (Å²) >= 11 is 0. The molecule has 0 aliphatic heterocycles. The van der Waals surface area contributed by atoms with E-state index in [2.05, 4.69) is 25.6 Å². The molecule has 1 aliphatic rings. The zero-order chi connectivity index (χ0) is 23.7. The number of hydrogen-bond acceptors (Lipinski definition) is 8. The van der Waals surface area contributed by atoms with Crippen molar-refractivity contribution in [3.05, 3.63) is 64.0 Å². The van der Waals surface area contributed by atoms with Crippen molar-refractivity contribution in [1.82, 2.24) is 19.9 Å². The van der Waals surface area contributed by atoms with Crippen LogP contribution in [0.3, 0.4) is 0 Å². The molecule has 1 saturated carbocycles. The Morgan fingerprint density at radius 3 is 2.85 bits per heavy atom. The van der Waals surface area contributed by atoms with Crippen molar-refractivity contribution < 1.29 is 9.52 Å². The summed E-state index contributed by atoms with van der Waals surface area (Å²) in [4.78, 5) is 28.5. The Morgan fingerprint density at radius 1 is 1.21 bits per heavy atom. The number of nitrogens with zero attached hydrogens (tertiary/aromatic N) is 3. The number of anilines is 2. The summed E-state index contributed by atoms with van der Waals surface area (Å²) in [5.74, 6) is 2.06. The van der Waals surface area contributed by atoms with E-state index in [0.29, 0.717) is 41.3 Å². The van der Waals surface area contributed by atoms with Crippen LogP contribution in [0.5, 0.6) is 0 Å². The van der Waals surface area contributed by atoms with Crippen LogP contribution in [-0.2, 0) is 6.54 Å². The number of hydrogen-bond donors (Lipinski definition) is 4. The lowest BCUT2D eigenvalue weighted by Crippen LogP contribution is -2.19. The molecule has 176 valence electrons. The topological polar surface area (TPSA) is 129 Å². The molecule has 9 heteroatoms. The Morgan fingerprint density at radius 2 is 2.09 bits per heavy atom. The second-order valence-corrected chi connectivity index (χ2v) is 8.89. The summed E-state index contributed by atoms with van der Waals surface area (Å²) < 4.78 is 6.18. The van der Waals surface area contributed by atoms with Crippen molar-refractivity contribution >= 4 is 22.7 Å². The van der Waals surface area contributed by atoms with Gasteiger partial charge in [-0.3, -0.25) is 9.78 Å². The fourth-order valence-corrected chi connectivity index (χ4v) is 4.64. The van der Waals surface area contributed by atoms with Gasteiger partial charge >= 0.3 is 0 Å². The number of furan rings is 1. The van der Waals surface area contributed by atoms with Gasteiger partial charge < -0.3 is 25.1 Å². The Balaban J connectivity index is 1.53. The molecule has 2 atom stereocenters. The first-order valence-electron chi connectivity index (χ1n) is 11.5. The third kappa shape index (κ3) is 4.51. The van der Waals surface area contributed by atoms with Gasteiger partial charge in [0.1, 0.15) is 11.6 Å². The summed E-state index contributed by atoms with van der Waals surface area (Å²) in [6.07, 6.45) is 4.57. The number of aromatic amines is 1. The van der Waals surface area contributed by atoms with Crippen LogP contribution in [0.15, 0.2) is 45.7 Å². The number of aliphatic hydroxyl groups is 1. The van der Waals surface area contributed by atoms with Crippen LogP contribution in [0.25, 0.3) is 22.3 Å². The van der Waals surface area contributed by atoms with Gasteiger partial charge in [-0.2, -0.15) is 4.98 Å². The fourth-order valence-electron chi connectivity index (χ4n) is 4.64. The van der Waals surface area contributed by atoms with Crippen molar-refractivity contribution in [3.63, 3.8) is 0 Å². The van der Waals surface area contributed by atoms with Gasteiger partial charge in [0.15, 0.2) is 5.58 Å². The molecule has 1 fully saturated rings. The van der Waals surface area contributed by atoms with Crippen molar-refractivity contribution in [1.29, 1.82) is 0 Å². The van der Waals surface area contributed by atoms with Gasteiger partial charge in [-0.15, -0.1) is 0 Å². The molecule has 4 aromatic rings. The summed E-state index contributed by atoms with van der Waals surface area (Å²) in [6, 6.07) is 9.36. The highest BCUT2D eigenvalue weighted by Gasteiger charge is 2.27. The van der Waals surface area contributed by atoms with Crippen LogP contribution in [-0.4, -0.2) is 37.7 Å². The molecule has 5 rings (SSSR count). The largest absolute Gasteiger partial charge is 0.454 e. The van der Waals surface area contributed by atoms with Crippen molar-refractivity contribution in [2.75, 3.05) is 17.2 Å². The van der Waals surface area contributed by atoms with E-state index in [9.17, 15) is 9.90 Å². The van der Waals surface area contributed by atoms with Crippen molar-refractivity contribution in [2.45, 2.75) is 45.7 Å². The Labute approximate surface area is 196 Å². The molecular formula is C25H28N6O3. The van der Waals surface area contributed by atoms with E-state index < -0.39 is 0 Å². The van der Waals surface area contributed by atoms with E-state index in [0.717, 1.165) is 41.6 Å². The average Bonchev–Trinajstić information content (AvgIpc) is 3.45. The Kier molecular flexibility index (Phi) is 6.02. The van der Waals surface area contributed by atoms with E-state index >= 15 is 0 Å². The third-order valence-corrected chi connectivity index (χ3v) is 6.33. The number of aliphatic hydroxyl groups excluding tert-OH is 1. The minimum absolute atomic E-state index is 0.168. The maximum absolute atomic E-state index is 11.9. The number of rotatable bonds is 7. The molecule has 1 aliphatic carbocycles. The minimum Gasteiger partial charge on any atom is -0.454 e. The van der Waals surface area contributed by atoms with Gasteiger partial charge in [0.05, 0.1) is 29.2 Å². The highest BCUT2D eigenvalue weighted by atomic mass is 16.3. The van der Waals surface area contributed by atoms with E-state index in [1.54, 1.807) is 6.20 Å². The second-order valence-electron chi connectivity index (χ2n) is 8.89. The summed E-state index contributed by atoms with van der Waals surface area (Å²) in [5.41, 5.74) is 3.55. The maximum Gasteiger partial charge on any atom is 0.248 e. The zero-order valence-electron chi connectivity index (χ0n) is 19.3. The third-order valence-electron chi connectivity index (χ3n) is 6.33. The van der Waals surface area contributed by atoms with E-state index in [4.69, 9.17) is 9.40 Å². The maximum atomic E-state index is 11.9. The molecule has 4 N–H and O–H groups in total. The molecular weight excluding hydrogens is 432 g/mol. The SMILES string of the molecule is Cc1nc(NCc2ccccn2)nc(NC2CCC(CO)C2)c1-c1cc2cc(=O)[nH]c(C)c2o1. The second kappa shape index (κ2) is 9.26. The lowest BCUT2D eigenvalue weighted by molar-refractivity contribution is 0.229. The van der Waals surface area contributed by atoms with Gasteiger partial charge in [-0.1, -0.05) is 6.07 Å². The molecule has 4 aromatic heterocycles. The molecule has 34 heavy (non-hydrogen) atoms. The molecule has 0 saturated heterocycles. The van der Waals surface area contributed by atoms with Crippen LogP contribution in [0, 0.1) is 19.8 Å². The van der Waals surface area contributed by atoms with Crippen LogP contribution in [0.1, 0.15) is 36.3 Å². The molecule has 0 amide bonds. The predicted octanol–water partition coefficient (Wildman–Crippen LogP) is 3.77. The van der Waals surface area contributed by atoms with E-state index in [1.807, 2.05) is 38.1 Å². The van der Waals surface area contributed by atoms with Gasteiger partial charge in [-0.05, 0) is 57.2 Å². The first-order chi connectivity index (χ1) is 16.5. The van der Waals surface area contributed by atoms with Crippen LogP contribution >= 0.6 is 0 Å². The summed E-state index contributed by atoms with van der Waals surface area (Å²) in [6.45, 7) is 4.44. The van der Waals surface area contributed by atoms with E-state index in [-0.39, 0.29) is 18.2 Å². The number of aryl methyl sites for hydroxylation is 2. The number of aromatic nitrogens is 4. The van der Waals surface area contributed by atoms with Crippen LogP contribution in [0.2, 0.25) is 0 Å². The molecule has 2 unspecified atom stereocenters. The van der Waals surface area contributed by atoms with Gasteiger partial charge in [0.2, 0.25) is 11.5 Å². The molecule has 0 spiro atoms. The van der Waals surface area contributed by atoms with Crippen LogP contribution in [0.4, 0.5) is 11.8 Å². The molecule has 4 heterocycles. The summed E-state index contributed by atoms with van der Waals surface area (Å²) in [5, 5.41) is 17.1. The number of nitrogens with one attached hydrogen (secondary N) is 3. The first kappa shape index (κ1) is 22.1. The Hall–Kier alpha value is -3.72. The predicted molar refractivity (Wildman–Crippen MR) is 131 cm³/mol. The lowest BCUT2D eigenvalue weighted by atomic mass is 10.1. The minimum atomic E-state index is -0.168. The summed E-state index contributed by atoms with van der Waals surface area (Å²) in [7, 11) is 0. The molecule has 0 aromatic carbocycles. The fraction of sp³-hybridized carbons (Fsp3) is 0.360. The number of H-pyrrole nitrogens is 1.